The van der Waals surface area contributed by atoms with Gasteiger partial charge in [-0.05, 0) is 31.2 Å². The van der Waals surface area contributed by atoms with Gasteiger partial charge in [0, 0.05) is 17.7 Å². The van der Waals surface area contributed by atoms with E-state index in [4.69, 9.17) is 9.15 Å². The van der Waals surface area contributed by atoms with Crippen molar-refractivity contribution in [3.63, 3.8) is 0 Å². The number of furan rings is 1. The summed E-state index contributed by atoms with van der Waals surface area (Å²) >= 11 is 0. The Morgan fingerprint density at radius 3 is 2.76 bits per heavy atom. The lowest BCUT2D eigenvalue weighted by atomic mass is 10.2. The number of sulfonamides is 1. The zero-order chi connectivity index (χ0) is 15.3. The molecule has 0 aliphatic carbocycles. The van der Waals surface area contributed by atoms with Crippen LogP contribution in [0.5, 0.6) is 5.75 Å². The molecule has 1 heterocycles. The second-order valence-corrected chi connectivity index (χ2v) is 6.08. The van der Waals surface area contributed by atoms with E-state index in [1.807, 2.05) is 6.92 Å². The first-order valence-electron chi connectivity index (χ1n) is 6.44. The van der Waals surface area contributed by atoms with Crippen molar-refractivity contribution in [3.05, 3.63) is 47.9 Å². The van der Waals surface area contributed by atoms with Crippen molar-refractivity contribution in [1.82, 2.24) is 4.72 Å². The predicted octanol–water partition coefficient (Wildman–Crippen LogP) is 1.65. The van der Waals surface area contributed by atoms with Crippen LogP contribution in [0.3, 0.4) is 0 Å². The van der Waals surface area contributed by atoms with Gasteiger partial charge in [-0.3, -0.25) is 0 Å². The van der Waals surface area contributed by atoms with Gasteiger partial charge in [0.2, 0.25) is 10.0 Å². The Morgan fingerprint density at radius 1 is 1.33 bits per heavy atom. The van der Waals surface area contributed by atoms with E-state index in [9.17, 15) is 13.5 Å². The van der Waals surface area contributed by atoms with Crippen LogP contribution in [0.2, 0.25) is 0 Å². The summed E-state index contributed by atoms with van der Waals surface area (Å²) < 4.78 is 37.1. The molecule has 21 heavy (non-hydrogen) atoms. The van der Waals surface area contributed by atoms with Gasteiger partial charge in [-0.1, -0.05) is 0 Å². The van der Waals surface area contributed by atoms with Gasteiger partial charge in [-0.2, -0.15) is 0 Å². The Kier molecular flexibility index (Phi) is 5.00. The number of ether oxygens (including phenoxy) is 1. The average molecular weight is 311 g/mol. The number of rotatable bonds is 7. The molecule has 7 heteroatoms. The van der Waals surface area contributed by atoms with Crippen molar-refractivity contribution in [2.75, 3.05) is 6.61 Å². The molecule has 2 rings (SSSR count). The number of hydrogen-bond donors (Lipinski definition) is 2. The van der Waals surface area contributed by atoms with Crippen LogP contribution >= 0.6 is 0 Å². The highest BCUT2D eigenvalue weighted by molar-refractivity contribution is 7.89. The molecule has 1 aromatic heterocycles. The van der Waals surface area contributed by atoms with Gasteiger partial charge in [-0.15, -0.1) is 0 Å². The molecule has 0 aliphatic rings. The highest BCUT2D eigenvalue weighted by atomic mass is 32.2. The summed E-state index contributed by atoms with van der Waals surface area (Å²) in [7, 11) is -3.66. The molecule has 0 atom stereocenters. The first-order valence-corrected chi connectivity index (χ1v) is 7.92. The van der Waals surface area contributed by atoms with Crippen molar-refractivity contribution in [3.8, 4) is 5.75 Å². The lowest BCUT2D eigenvalue weighted by Gasteiger charge is -2.11. The Labute approximate surface area is 123 Å². The Morgan fingerprint density at radius 2 is 2.14 bits per heavy atom. The van der Waals surface area contributed by atoms with Crippen LogP contribution < -0.4 is 9.46 Å². The van der Waals surface area contributed by atoms with E-state index in [1.54, 1.807) is 12.1 Å². The number of benzene rings is 1. The summed E-state index contributed by atoms with van der Waals surface area (Å²) in [6.45, 7) is 2.11. The molecule has 0 spiro atoms. The van der Waals surface area contributed by atoms with Crippen molar-refractivity contribution in [1.29, 1.82) is 0 Å². The van der Waals surface area contributed by atoms with Gasteiger partial charge < -0.3 is 14.3 Å². The minimum Gasteiger partial charge on any atom is -0.494 e. The standard InChI is InChI=1S/C14H17NO5S/c1-2-20-14-4-3-13(7-12(14)9-16)21(17,18)15-8-11-5-6-19-10-11/h3-7,10,15-16H,2,8-9H2,1H3. The van der Waals surface area contributed by atoms with Gasteiger partial charge in [0.1, 0.15) is 5.75 Å². The molecule has 0 saturated carbocycles. The molecule has 0 bridgehead atoms. The molecule has 0 fully saturated rings. The van der Waals surface area contributed by atoms with E-state index in [0.29, 0.717) is 17.9 Å². The topological polar surface area (TPSA) is 88.8 Å². The second kappa shape index (κ2) is 6.75. The third kappa shape index (κ3) is 3.84. The number of aliphatic hydroxyl groups is 1. The van der Waals surface area contributed by atoms with Crippen molar-refractivity contribution in [2.24, 2.45) is 0 Å². The maximum atomic E-state index is 12.2. The van der Waals surface area contributed by atoms with Crippen LogP contribution in [0, 0.1) is 0 Å². The average Bonchev–Trinajstić information content (AvgIpc) is 2.99. The molecule has 0 amide bonds. The quantitative estimate of drug-likeness (QED) is 0.811. The summed E-state index contributed by atoms with van der Waals surface area (Å²) in [5, 5.41) is 9.31. The number of nitrogens with one attached hydrogen (secondary N) is 1. The normalized spacial score (nSPS) is 11.5. The second-order valence-electron chi connectivity index (χ2n) is 4.32. The molecular formula is C14H17NO5S. The van der Waals surface area contributed by atoms with Crippen LogP contribution in [0.1, 0.15) is 18.1 Å². The van der Waals surface area contributed by atoms with Crippen LogP contribution in [0.15, 0.2) is 46.1 Å². The molecule has 0 aliphatic heterocycles. The summed E-state index contributed by atoms with van der Waals surface area (Å²) in [6.07, 6.45) is 2.95. The third-order valence-corrected chi connectivity index (χ3v) is 4.26. The van der Waals surface area contributed by atoms with Gasteiger partial charge in [0.15, 0.2) is 0 Å². The molecule has 2 N–H and O–H groups in total. The van der Waals surface area contributed by atoms with Crippen molar-refractivity contribution < 1.29 is 22.7 Å². The summed E-state index contributed by atoms with van der Waals surface area (Å²) in [5.74, 6) is 0.480. The highest BCUT2D eigenvalue weighted by Gasteiger charge is 2.16. The Bertz CT molecular complexity index is 679. The van der Waals surface area contributed by atoms with E-state index in [2.05, 4.69) is 4.72 Å². The molecule has 0 radical (unpaired) electrons. The van der Waals surface area contributed by atoms with E-state index in [-0.39, 0.29) is 18.0 Å². The monoisotopic (exact) mass is 311 g/mol. The van der Waals surface area contributed by atoms with E-state index in [0.717, 1.165) is 5.56 Å². The van der Waals surface area contributed by atoms with Crippen LogP contribution in [0.4, 0.5) is 0 Å². The first kappa shape index (κ1) is 15.6. The molecular weight excluding hydrogens is 294 g/mol. The third-order valence-electron chi connectivity index (χ3n) is 2.86. The summed E-state index contributed by atoms with van der Waals surface area (Å²) in [4.78, 5) is 0.0819. The fourth-order valence-corrected chi connectivity index (χ4v) is 2.87. The lowest BCUT2D eigenvalue weighted by Crippen LogP contribution is -2.23. The van der Waals surface area contributed by atoms with E-state index < -0.39 is 10.0 Å². The van der Waals surface area contributed by atoms with Crippen molar-refractivity contribution >= 4 is 10.0 Å². The number of hydrogen-bond acceptors (Lipinski definition) is 5. The fourth-order valence-electron chi connectivity index (χ4n) is 1.80. The van der Waals surface area contributed by atoms with E-state index in [1.165, 1.54) is 24.7 Å². The summed E-state index contributed by atoms with van der Waals surface area (Å²) in [6, 6.07) is 6.08. The smallest absolute Gasteiger partial charge is 0.240 e. The lowest BCUT2D eigenvalue weighted by molar-refractivity contribution is 0.266. The maximum absolute atomic E-state index is 12.2. The minimum atomic E-state index is -3.66. The first-order chi connectivity index (χ1) is 10.1. The van der Waals surface area contributed by atoms with Crippen LogP contribution in [0.25, 0.3) is 0 Å². The molecule has 1 aromatic carbocycles. The highest BCUT2D eigenvalue weighted by Crippen LogP contribution is 2.23. The zero-order valence-electron chi connectivity index (χ0n) is 11.6. The zero-order valence-corrected chi connectivity index (χ0v) is 12.4. The summed E-state index contributed by atoms with van der Waals surface area (Å²) in [5.41, 5.74) is 1.16. The fraction of sp³-hybridized carbons (Fsp3) is 0.286. The minimum absolute atomic E-state index is 0.0819. The number of aliphatic hydroxyl groups excluding tert-OH is 1. The molecule has 0 saturated heterocycles. The van der Waals surface area contributed by atoms with Gasteiger partial charge in [0.05, 0.1) is 30.6 Å². The van der Waals surface area contributed by atoms with Gasteiger partial charge >= 0.3 is 0 Å². The largest absolute Gasteiger partial charge is 0.494 e. The van der Waals surface area contributed by atoms with Crippen LogP contribution in [-0.2, 0) is 23.2 Å². The predicted molar refractivity (Wildman–Crippen MR) is 76.3 cm³/mol. The van der Waals surface area contributed by atoms with E-state index >= 15 is 0 Å². The Balaban J connectivity index is 2.19. The molecule has 6 nitrogen and oxygen atoms in total. The maximum Gasteiger partial charge on any atom is 0.240 e. The SMILES string of the molecule is CCOc1ccc(S(=O)(=O)NCc2ccoc2)cc1CO. The Hall–Kier alpha value is -1.83. The molecule has 2 aromatic rings. The van der Waals surface area contributed by atoms with Gasteiger partial charge in [0.25, 0.3) is 0 Å². The molecule has 0 unspecified atom stereocenters. The van der Waals surface area contributed by atoms with Crippen molar-refractivity contribution in [2.45, 2.75) is 25.0 Å². The molecule has 114 valence electrons. The van der Waals surface area contributed by atoms with Crippen LogP contribution in [-0.4, -0.2) is 20.1 Å². The van der Waals surface area contributed by atoms with Gasteiger partial charge in [-0.25, -0.2) is 13.1 Å².